The van der Waals surface area contributed by atoms with Crippen LogP contribution in [-0.2, 0) is 6.42 Å². The average Bonchev–Trinajstić information content (AvgIpc) is 2.88. The second-order valence-corrected chi connectivity index (χ2v) is 5.10. The van der Waals surface area contributed by atoms with Crippen molar-refractivity contribution in [1.29, 1.82) is 0 Å². The van der Waals surface area contributed by atoms with Gasteiger partial charge in [-0.2, -0.15) is 0 Å². The zero-order valence-corrected chi connectivity index (χ0v) is 11.3. The molecule has 0 bridgehead atoms. The lowest BCUT2D eigenvalue weighted by Crippen LogP contribution is -2.30. The van der Waals surface area contributed by atoms with E-state index in [1.807, 2.05) is 25.1 Å². The molecule has 4 nitrogen and oxygen atoms in total. The minimum atomic E-state index is 0.665. The predicted molar refractivity (Wildman–Crippen MR) is 74.5 cm³/mol. The van der Waals surface area contributed by atoms with Crippen LogP contribution in [-0.4, -0.2) is 24.7 Å². The minimum Gasteiger partial charge on any atom is -0.493 e. The van der Waals surface area contributed by atoms with Crippen LogP contribution in [0.5, 0.6) is 5.75 Å². The number of aromatic nitrogens is 1. The number of piperidine rings is 1. The molecule has 1 saturated heterocycles. The third-order valence-corrected chi connectivity index (χ3v) is 3.65. The Morgan fingerprint density at radius 1 is 1.37 bits per heavy atom. The summed E-state index contributed by atoms with van der Waals surface area (Å²) in [6, 6.07) is 5.89. The van der Waals surface area contributed by atoms with Gasteiger partial charge in [-0.05, 0) is 44.0 Å². The standard InChI is InChI=1S/C15H20N2O2/c1-2-15-17-13-4-3-12(9-14(13)19-15)18-10-11-5-7-16-8-6-11/h3-4,9,11,16H,2,5-8,10H2,1H3. The lowest BCUT2D eigenvalue weighted by molar-refractivity contribution is 0.215. The summed E-state index contributed by atoms with van der Waals surface area (Å²) < 4.78 is 11.5. The zero-order valence-electron chi connectivity index (χ0n) is 11.3. The first-order valence-electron chi connectivity index (χ1n) is 7.08. The van der Waals surface area contributed by atoms with Crippen molar-refractivity contribution in [1.82, 2.24) is 10.3 Å². The van der Waals surface area contributed by atoms with Crippen LogP contribution in [0.4, 0.5) is 0 Å². The molecule has 1 aromatic heterocycles. The number of nitrogens with zero attached hydrogens (tertiary/aromatic N) is 1. The summed E-state index contributed by atoms with van der Waals surface area (Å²) in [6.07, 6.45) is 3.22. The van der Waals surface area contributed by atoms with E-state index in [0.29, 0.717) is 5.92 Å². The highest BCUT2D eigenvalue weighted by Crippen LogP contribution is 2.23. The molecule has 1 N–H and O–H groups in total. The Balaban J connectivity index is 1.66. The van der Waals surface area contributed by atoms with Crippen molar-refractivity contribution in [2.45, 2.75) is 26.2 Å². The molecule has 2 heterocycles. The number of fused-ring (bicyclic) bond motifs is 1. The first-order chi connectivity index (χ1) is 9.35. The Morgan fingerprint density at radius 3 is 3.00 bits per heavy atom. The molecule has 2 aromatic rings. The Hall–Kier alpha value is -1.55. The van der Waals surface area contributed by atoms with E-state index in [-0.39, 0.29) is 0 Å². The quantitative estimate of drug-likeness (QED) is 0.918. The molecular weight excluding hydrogens is 240 g/mol. The Morgan fingerprint density at radius 2 is 2.21 bits per heavy atom. The van der Waals surface area contributed by atoms with Gasteiger partial charge in [-0.25, -0.2) is 4.98 Å². The Kier molecular flexibility index (Phi) is 3.69. The summed E-state index contributed by atoms with van der Waals surface area (Å²) in [5, 5.41) is 3.37. The fraction of sp³-hybridized carbons (Fsp3) is 0.533. The van der Waals surface area contributed by atoms with Crippen LogP contribution in [0.3, 0.4) is 0 Å². The molecule has 0 unspecified atom stereocenters. The van der Waals surface area contributed by atoms with Gasteiger partial charge in [0.2, 0.25) is 0 Å². The maximum Gasteiger partial charge on any atom is 0.195 e. The number of aryl methyl sites for hydroxylation is 1. The van der Waals surface area contributed by atoms with Crippen molar-refractivity contribution in [3.63, 3.8) is 0 Å². The van der Waals surface area contributed by atoms with Crippen LogP contribution in [0.15, 0.2) is 22.6 Å². The predicted octanol–water partition coefficient (Wildman–Crippen LogP) is 2.77. The summed E-state index contributed by atoms with van der Waals surface area (Å²) in [5.74, 6) is 2.33. The van der Waals surface area contributed by atoms with E-state index in [1.165, 1.54) is 12.8 Å². The summed E-state index contributed by atoms with van der Waals surface area (Å²) in [5.41, 5.74) is 1.73. The average molecular weight is 260 g/mol. The number of rotatable bonds is 4. The second-order valence-electron chi connectivity index (χ2n) is 5.10. The van der Waals surface area contributed by atoms with Crippen LogP contribution >= 0.6 is 0 Å². The molecule has 0 amide bonds. The van der Waals surface area contributed by atoms with Crippen LogP contribution in [0.1, 0.15) is 25.7 Å². The van der Waals surface area contributed by atoms with Crippen molar-refractivity contribution in [3.05, 3.63) is 24.1 Å². The molecule has 0 saturated carbocycles. The van der Waals surface area contributed by atoms with Crippen molar-refractivity contribution < 1.29 is 9.15 Å². The van der Waals surface area contributed by atoms with Gasteiger partial charge in [0, 0.05) is 12.5 Å². The first-order valence-corrected chi connectivity index (χ1v) is 7.08. The minimum absolute atomic E-state index is 0.665. The lowest BCUT2D eigenvalue weighted by atomic mass is 9.99. The highest BCUT2D eigenvalue weighted by Gasteiger charge is 2.14. The van der Waals surface area contributed by atoms with Crippen molar-refractivity contribution >= 4 is 11.1 Å². The maximum atomic E-state index is 5.88. The number of hydrogen-bond acceptors (Lipinski definition) is 4. The highest BCUT2D eigenvalue weighted by molar-refractivity contribution is 5.74. The van der Waals surface area contributed by atoms with Gasteiger partial charge in [-0.15, -0.1) is 0 Å². The van der Waals surface area contributed by atoms with Gasteiger partial charge in [-0.1, -0.05) is 6.92 Å². The van der Waals surface area contributed by atoms with Crippen LogP contribution in [0.25, 0.3) is 11.1 Å². The van der Waals surface area contributed by atoms with E-state index < -0.39 is 0 Å². The molecule has 19 heavy (non-hydrogen) atoms. The van der Waals surface area contributed by atoms with Gasteiger partial charge in [-0.3, -0.25) is 0 Å². The van der Waals surface area contributed by atoms with Gasteiger partial charge in [0.1, 0.15) is 11.3 Å². The molecule has 1 aromatic carbocycles. The van der Waals surface area contributed by atoms with Crippen molar-refractivity contribution in [2.24, 2.45) is 5.92 Å². The Bertz CT molecular complexity index is 544. The third-order valence-electron chi connectivity index (χ3n) is 3.65. The number of nitrogens with one attached hydrogen (secondary N) is 1. The molecule has 0 atom stereocenters. The largest absolute Gasteiger partial charge is 0.493 e. The van der Waals surface area contributed by atoms with Gasteiger partial charge in [0.15, 0.2) is 11.5 Å². The van der Waals surface area contributed by atoms with Crippen molar-refractivity contribution in [3.8, 4) is 5.75 Å². The number of benzene rings is 1. The molecular formula is C15H20N2O2. The summed E-state index contributed by atoms with van der Waals surface area (Å²) >= 11 is 0. The third kappa shape index (κ3) is 2.89. The number of ether oxygens (including phenoxy) is 1. The smallest absolute Gasteiger partial charge is 0.195 e. The summed E-state index contributed by atoms with van der Waals surface area (Å²) in [6.45, 7) is 5.05. The highest BCUT2D eigenvalue weighted by atomic mass is 16.5. The molecule has 102 valence electrons. The molecule has 0 spiro atoms. The number of hydrogen-bond donors (Lipinski definition) is 1. The monoisotopic (exact) mass is 260 g/mol. The van der Waals surface area contributed by atoms with E-state index in [0.717, 1.165) is 48.9 Å². The van der Waals surface area contributed by atoms with Gasteiger partial charge < -0.3 is 14.5 Å². The first kappa shape index (κ1) is 12.5. The lowest BCUT2D eigenvalue weighted by Gasteiger charge is -2.22. The fourth-order valence-corrected chi connectivity index (χ4v) is 2.46. The number of oxazole rings is 1. The molecule has 4 heteroatoms. The van der Waals surface area contributed by atoms with Crippen molar-refractivity contribution in [2.75, 3.05) is 19.7 Å². The van der Waals surface area contributed by atoms with Gasteiger partial charge in [0.25, 0.3) is 0 Å². The van der Waals surface area contributed by atoms with E-state index in [4.69, 9.17) is 9.15 Å². The van der Waals surface area contributed by atoms with E-state index >= 15 is 0 Å². The molecule has 1 aliphatic rings. The van der Waals surface area contributed by atoms with Gasteiger partial charge >= 0.3 is 0 Å². The van der Waals surface area contributed by atoms with E-state index in [9.17, 15) is 0 Å². The normalized spacial score (nSPS) is 16.9. The maximum absolute atomic E-state index is 5.88. The van der Waals surface area contributed by atoms with E-state index in [2.05, 4.69) is 10.3 Å². The molecule has 1 aliphatic heterocycles. The zero-order chi connectivity index (χ0) is 13.1. The second kappa shape index (κ2) is 5.61. The van der Waals surface area contributed by atoms with E-state index in [1.54, 1.807) is 0 Å². The molecule has 1 fully saturated rings. The Labute approximate surface area is 113 Å². The van der Waals surface area contributed by atoms with Gasteiger partial charge in [0.05, 0.1) is 6.61 Å². The SMILES string of the molecule is CCc1nc2ccc(OCC3CCNCC3)cc2o1. The summed E-state index contributed by atoms with van der Waals surface area (Å²) in [4.78, 5) is 4.39. The summed E-state index contributed by atoms with van der Waals surface area (Å²) in [7, 11) is 0. The topological polar surface area (TPSA) is 47.3 Å². The fourth-order valence-electron chi connectivity index (χ4n) is 2.46. The molecule has 3 rings (SSSR count). The van der Waals surface area contributed by atoms with Crippen LogP contribution in [0, 0.1) is 5.92 Å². The van der Waals surface area contributed by atoms with Crippen LogP contribution < -0.4 is 10.1 Å². The van der Waals surface area contributed by atoms with Crippen LogP contribution in [0.2, 0.25) is 0 Å². The molecule has 0 radical (unpaired) electrons. The molecule has 0 aliphatic carbocycles.